The number of carbonyl (C=O) groups excluding carboxylic acids is 1. The summed E-state index contributed by atoms with van der Waals surface area (Å²) in [7, 11) is 0. The molecule has 0 aliphatic carbocycles. The zero-order chi connectivity index (χ0) is 20.4. The number of non-ortho nitro benzene ring substituents is 1. The van der Waals surface area contributed by atoms with Crippen molar-refractivity contribution in [2.45, 2.75) is 19.8 Å². The van der Waals surface area contributed by atoms with E-state index >= 15 is 0 Å². The van der Waals surface area contributed by atoms with Gasteiger partial charge in [-0.3, -0.25) is 14.9 Å². The van der Waals surface area contributed by atoms with E-state index in [9.17, 15) is 14.9 Å². The number of amides is 1. The maximum Gasteiger partial charge on any atom is 0.270 e. The lowest BCUT2D eigenvalue weighted by atomic mass is 10.1. The van der Waals surface area contributed by atoms with E-state index in [0.29, 0.717) is 11.3 Å². The standard InChI is InChI=1S/C21H20N4O3S/c1-14-22-19(13-29-14)15-4-6-16(7-5-15)23-21(26)18-12-17(25(27)28)8-9-20(18)24-10-2-3-11-24/h4-9,12-13H,2-3,10-11H2,1H3,(H,23,26). The van der Waals surface area contributed by atoms with Crippen LogP contribution in [0.1, 0.15) is 28.2 Å². The third kappa shape index (κ3) is 4.12. The van der Waals surface area contributed by atoms with Gasteiger partial charge < -0.3 is 10.2 Å². The first-order chi connectivity index (χ1) is 14.0. The van der Waals surface area contributed by atoms with Crippen LogP contribution in [0.2, 0.25) is 0 Å². The first-order valence-electron chi connectivity index (χ1n) is 9.38. The highest BCUT2D eigenvalue weighted by molar-refractivity contribution is 7.09. The Labute approximate surface area is 172 Å². The molecule has 1 aliphatic rings. The van der Waals surface area contributed by atoms with E-state index in [1.807, 2.05) is 36.6 Å². The van der Waals surface area contributed by atoms with Crippen LogP contribution in [0.25, 0.3) is 11.3 Å². The third-order valence-electron chi connectivity index (χ3n) is 4.94. The Morgan fingerprint density at radius 2 is 1.90 bits per heavy atom. The normalized spacial score (nSPS) is 13.5. The number of carbonyl (C=O) groups is 1. The molecule has 2 heterocycles. The molecule has 4 rings (SSSR count). The van der Waals surface area contributed by atoms with Crippen LogP contribution in [0.4, 0.5) is 17.1 Å². The fraction of sp³-hybridized carbons (Fsp3) is 0.238. The Morgan fingerprint density at radius 3 is 2.52 bits per heavy atom. The minimum atomic E-state index is -0.477. The van der Waals surface area contributed by atoms with Crippen molar-refractivity contribution in [3.63, 3.8) is 0 Å². The predicted molar refractivity (Wildman–Crippen MR) is 115 cm³/mol. The second-order valence-corrected chi connectivity index (χ2v) is 8.00. The molecular weight excluding hydrogens is 388 g/mol. The second kappa shape index (κ2) is 8.00. The van der Waals surface area contributed by atoms with Gasteiger partial charge in [-0.2, -0.15) is 0 Å². The van der Waals surface area contributed by atoms with Crippen LogP contribution < -0.4 is 10.2 Å². The number of nitrogens with zero attached hydrogens (tertiary/aromatic N) is 3. The number of anilines is 2. The maximum absolute atomic E-state index is 13.0. The molecule has 148 valence electrons. The largest absolute Gasteiger partial charge is 0.371 e. The van der Waals surface area contributed by atoms with Crippen molar-refractivity contribution in [1.82, 2.24) is 4.98 Å². The Balaban J connectivity index is 1.58. The average Bonchev–Trinajstić information content (AvgIpc) is 3.40. The molecule has 0 bridgehead atoms. The van der Waals surface area contributed by atoms with E-state index in [2.05, 4.69) is 15.2 Å². The van der Waals surface area contributed by atoms with Crippen LogP contribution in [0.3, 0.4) is 0 Å². The Kier molecular flexibility index (Phi) is 5.26. The van der Waals surface area contributed by atoms with Crippen molar-refractivity contribution >= 4 is 34.3 Å². The number of aromatic nitrogens is 1. The summed E-state index contributed by atoms with van der Waals surface area (Å²) in [5.74, 6) is -0.354. The number of thiazole rings is 1. The van der Waals surface area contributed by atoms with Gasteiger partial charge in [-0.25, -0.2) is 4.98 Å². The van der Waals surface area contributed by atoms with Crippen LogP contribution in [0.15, 0.2) is 47.8 Å². The number of aryl methyl sites for hydroxylation is 1. The molecule has 0 unspecified atom stereocenters. The number of rotatable bonds is 5. The van der Waals surface area contributed by atoms with Gasteiger partial charge in [0.05, 0.1) is 26.9 Å². The number of hydrogen-bond donors (Lipinski definition) is 1. The van der Waals surface area contributed by atoms with Crippen LogP contribution in [-0.4, -0.2) is 28.9 Å². The molecule has 0 spiro atoms. The lowest BCUT2D eigenvalue weighted by molar-refractivity contribution is -0.384. The molecule has 1 N–H and O–H groups in total. The molecule has 2 aromatic carbocycles. The fourth-order valence-corrected chi connectivity index (χ4v) is 4.09. The van der Waals surface area contributed by atoms with Gasteiger partial charge in [-0.1, -0.05) is 12.1 Å². The minimum Gasteiger partial charge on any atom is -0.371 e. The molecule has 0 atom stereocenters. The summed E-state index contributed by atoms with van der Waals surface area (Å²) in [6, 6.07) is 11.9. The van der Waals surface area contributed by atoms with E-state index in [1.54, 1.807) is 17.4 Å². The summed E-state index contributed by atoms with van der Waals surface area (Å²) in [5.41, 5.74) is 3.47. The summed E-state index contributed by atoms with van der Waals surface area (Å²) < 4.78 is 0. The van der Waals surface area contributed by atoms with Gasteiger partial charge in [0, 0.05) is 41.9 Å². The highest BCUT2D eigenvalue weighted by Gasteiger charge is 2.22. The molecule has 29 heavy (non-hydrogen) atoms. The zero-order valence-corrected chi connectivity index (χ0v) is 16.7. The van der Waals surface area contributed by atoms with Gasteiger partial charge in [0.2, 0.25) is 0 Å². The van der Waals surface area contributed by atoms with E-state index < -0.39 is 4.92 Å². The zero-order valence-electron chi connectivity index (χ0n) is 15.9. The van der Waals surface area contributed by atoms with Crippen molar-refractivity contribution in [1.29, 1.82) is 0 Å². The highest BCUT2D eigenvalue weighted by atomic mass is 32.1. The van der Waals surface area contributed by atoms with Gasteiger partial charge in [-0.15, -0.1) is 11.3 Å². The molecule has 8 heteroatoms. The molecule has 1 aliphatic heterocycles. The van der Waals surface area contributed by atoms with Crippen molar-refractivity contribution < 1.29 is 9.72 Å². The molecule has 0 saturated carbocycles. The van der Waals surface area contributed by atoms with E-state index in [4.69, 9.17) is 0 Å². The minimum absolute atomic E-state index is 0.0904. The number of hydrogen-bond acceptors (Lipinski definition) is 6. The molecule has 7 nitrogen and oxygen atoms in total. The van der Waals surface area contributed by atoms with Crippen LogP contribution in [0.5, 0.6) is 0 Å². The third-order valence-corrected chi connectivity index (χ3v) is 5.71. The molecule has 1 amide bonds. The van der Waals surface area contributed by atoms with Crippen molar-refractivity contribution in [2.75, 3.05) is 23.3 Å². The summed E-state index contributed by atoms with van der Waals surface area (Å²) in [5, 5.41) is 17.1. The van der Waals surface area contributed by atoms with Crippen molar-refractivity contribution in [3.8, 4) is 11.3 Å². The Morgan fingerprint density at radius 1 is 1.17 bits per heavy atom. The SMILES string of the molecule is Cc1nc(-c2ccc(NC(=O)c3cc([N+](=O)[O-])ccc3N3CCCC3)cc2)cs1. The number of nitro groups is 1. The topological polar surface area (TPSA) is 88.4 Å². The maximum atomic E-state index is 13.0. The quantitative estimate of drug-likeness (QED) is 0.480. The summed E-state index contributed by atoms with van der Waals surface area (Å²) in [6.45, 7) is 3.65. The first-order valence-corrected chi connectivity index (χ1v) is 10.3. The summed E-state index contributed by atoms with van der Waals surface area (Å²) in [4.78, 5) is 30.2. The van der Waals surface area contributed by atoms with Crippen LogP contribution in [-0.2, 0) is 0 Å². The monoisotopic (exact) mass is 408 g/mol. The van der Waals surface area contributed by atoms with Crippen molar-refractivity contribution in [3.05, 3.63) is 68.5 Å². The first kappa shape index (κ1) is 19.1. The Hall–Kier alpha value is -3.26. The van der Waals surface area contributed by atoms with Crippen molar-refractivity contribution in [2.24, 2.45) is 0 Å². The number of nitrogens with one attached hydrogen (secondary N) is 1. The highest BCUT2D eigenvalue weighted by Crippen LogP contribution is 2.29. The molecule has 0 radical (unpaired) electrons. The molecule has 1 aromatic heterocycles. The van der Waals surface area contributed by atoms with Gasteiger partial charge in [0.25, 0.3) is 11.6 Å². The summed E-state index contributed by atoms with van der Waals surface area (Å²) in [6.07, 6.45) is 2.10. The number of benzene rings is 2. The van der Waals surface area contributed by atoms with E-state index in [0.717, 1.165) is 47.9 Å². The van der Waals surface area contributed by atoms with Gasteiger partial charge in [0.1, 0.15) is 0 Å². The molecule has 1 saturated heterocycles. The van der Waals surface area contributed by atoms with Gasteiger partial charge in [-0.05, 0) is 38.0 Å². The van der Waals surface area contributed by atoms with Gasteiger partial charge in [0.15, 0.2) is 0 Å². The lowest BCUT2D eigenvalue weighted by Gasteiger charge is -2.21. The van der Waals surface area contributed by atoms with Gasteiger partial charge >= 0.3 is 0 Å². The molecule has 1 fully saturated rings. The smallest absolute Gasteiger partial charge is 0.270 e. The second-order valence-electron chi connectivity index (χ2n) is 6.94. The van der Waals surface area contributed by atoms with E-state index in [1.165, 1.54) is 12.1 Å². The molecular formula is C21H20N4O3S. The van der Waals surface area contributed by atoms with Crippen LogP contribution >= 0.6 is 11.3 Å². The lowest BCUT2D eigenvalue weighted by Crippen LogP contribution is -2.23. The molecule has 3 aromatic rings. The Bertz CT molecular complexity index is 1060. The summed E-state index contributed by atoms with van der Waals surface area (Å²) >= 11 is 1.59. The average molecular weight is 408 g/mol. The van der Waals surface area contributed by atoms with Crippen LogP contribution in [0, 0.1) is 17.0 Å². The predicted octanol–water partition coefficient (Wildman–Crippen LogP) is 4.88. The van der Waals surface area contributed by atoms with E-state index in [-0.39, 0.29) is 11.6 Å². The fourth-order valence-electron chi connectivity index (χ4n) is 3.47. The number of nitro benzene ring substituents is 1.